The molecule has 8 nitrogen and oxygen atoms in total. The number of hydrogen-bond donors (Lipinski definition) is 1. The Morgan fingerprint density at radius 2 is 1.93 bits per heavy atom. The Bertz CT molecular complexity index is 897. The number of amides is 1. The molecule has 162 valence electrons. The van der Waals surface area contributed by atoms with Crippen molar-refractivity contribution in [2.45, 2.75) is 53.4 Å². The molecule has 0 radical (unpaired) electrons. The molecule has 0 bridgehead atoms. The Hall–Kier alpha value is -3.29. The van der Waals surface area contributed by atoms with E-state index in [1.54, 1.807) is 24.3 Å². The van der Waals surface area contributed by atoms with Gasteiger partial charge in [0.1, 0.15) is 12.4 Å². The number of carbonyl (C=O) groups excluding carboxylic acids is 2. The molecule has 1 atom stereocenters. The van der Waals surface area contributed by atoms with E-state index in [0.29, 0.717) is 29.4 Å². The normalized spacial score (nSPS) is 12.1. The van der Waals surface area contributed by atoms with Crippen LogP contribution in [0.3, 0.4) is 0 Å². The zero-order valence-electron chi connectivity index (χ0n) is 18.1. The van der Waals surface area contributed by atoms with Crippen LogP contribution in [0, 0.1) is 13.8 Å². The van der Waals surface area contributed by atoms with Gasteiger partial charge in [0.05, 0.1) is 18.4 Å². The van der Waals surface area contributed by atoms with E-state index in [1.165, 1.54) is 20.1 Å². The van der Waals surface area contributed by atoms with Gasteiger partial charge in [-0.15, -0.1) is 0 Å². The molecular weight excluding hydrogens is 388 g/mol. The fraction of sp³-hybridized carbons (Fsp3) is 0.409. The van der Waals surface area contributed by atoms with Crippen molar-refractivity contribution in [2.24, 2.45) is 0 Å². The van der Waals surface area contributed by atoms with Crippen molar-refractivity contribution in [1.82, 2.24) is 10.5 Å². The van der Waals surface area contributed by atoms with E-state index in [9.17, 15) is 9.59 Å². The van der Waals surface area contributed by atoms with Crippen molar-refractivity contribution in [2.75, 3.05) is 7.11 Å². The van der Waals surface area contributed by atoms with Crippen molar-refractivity contribution < 1.29 is 28.3 Å². The average Bonchev–Trinajstić information content (AvgIpc) is 3.02. The second-order valence-corrected chi connectivity index (χ2v) is 7.08. The van der Waals surface area contributed by atoms with E-state index in [4.69, 9.17) is 18.7 Å². The quantitative estimate of drug-likeness (QED) is 0.494. The second-order valence-electron chi connectivity index (χ2n) is 7.08. The van der Waals surface area contributed by atoms with E-state index < -0.39 is 12.1 Å². The molecule has 0 fully saturated rings. The van der Waals surface area contributed by atoms with Gasteiger partial charge in [-0.3, -0.25) is 4.79 Å². The van der Waals surface area contributed by atoms with Crippen LogP contribution in [0.1, 0.15) is 43.4 Å². The summed E-state index contributed by atoms with van der Waals surface area (Å²) in [5.41, 5.74) is 2.38. The highest BCUT2D eigenvalue weighted by Gasteiger charge is 2.17. The molecule has 0 aliphatic heterocycles. The SMILES string of the molecule is COc1cc(/C=C/C(=O)OC(C)C(=O)NC(C)C)ccc1OCc1c(C)noc1C. The van der Waals surface area contributed by atoms with Gasteiger partial charge in [-0.2, -0.15) is 0 Å². The predicted molar refractivity (Wildman–Crippen MR) is 111 cm³/mol. The third kappa shape index (κ3) is 6.37. The summed E-state index contributed by atoms with van der Waals surface area (Å²) in [5.74, 6) is 0.825. The van der Waals surface area contributed by atoms with Crippen LogP contribution in [0.15, 0.2) is 28.8 Å². The van der Waals surface area contributed by atoms with E-state index in [2.05, 4.69) is 10.5 Å². The molecule has 0 saturated heterocycles. The number of nitrogens with one attached hydrogen (secondary N) is 1. The Morgan fingerprint density at radius 3 is 2.53 bits per heavy atom. The largest absolute Gasteiger partial charge is 0.493 e. The number of esters is 1. The summed E-state index contributed by atoms with van der Waals surface area (Å²) in [4.78, 5) is 23.8. The number of methoxy groups -OCH3 is 1. The molecule has 1 heterocycles. The molecule has 2 rings (SSSR count). The number of ether oxygens (including phenoxy) is 3. The Balaban J connectivity index is 2.00. The van der Waals surface area contributed by atoms with Gasteiger partial charge in [0.2, 0.25) is 0 Å². The van der Waals surface area contributed by atoms with Crippen LogP contribution in [0.2, 0.25) is 0 Å². The first-order chi connectivity index (χ1) is 14.2. The number of aryl methyl sites for hydroxylation is 2. The number of nitrogens with zero attached hydrogens (tertiary/aromatic N) is 1. The Labute approximate surface area is 176 Å². The van der Waals surface area contributed by atoms with Crippen molar-refractivity contribution in [3.63, 3.8) is 0 Å². The number of benzene rings is 1. The van der Waals surface area contributed by atoms with E-state index >= 15 is 0 Å². The van der Waals surface area contributed by atoms with Gasteiger partial charge in [0, 0.05) is 12.1 Å². The van der Waals surface area contributed by atoms with Gasteiger partial charge in [-0.1, -0.05) is 11.2 Å². The van der Waals surface area contributed by atoms with Crippen LogP contribution in [-0.2, 0) is 20.9 Å². The van der Waals surface area contributed by atoms with Crippen molar-refractivity contribution >= 4 is 18.0 Å². The van der Waals surface area contributed by atoms with Gasteiger partial charge in [0.15, 0.2) is 17.6 Å². The lowest BCUT2D eigenvalue weighted by Gasteiger charge is -2.14. The summed E-state index contributed by atoms with van der Waals surface area (Å²) >= 11 is 0. The zero-order chi connectivity index (χ0) is 22.3. The predicted octanol–water partition coefficient (Wildman–Crippen LogP) is 3.35. The molecule has 0 spiro atoms. The van der Waals surface area contributed by atoms with E-state index in [1.807, 2.05) is 27.7 Å². The molecule has 1 unspecified atom stereocenters. The minimum absolute atomic E-state index is 0.0278. The highest BCUT2D eigenvalue weighted by atomic mass is 16.5. The number of rotatable bonds is 9. The van der Waals surface area contributed by atoms with Crippen molar-refractivity contribution in [3.8, 4) is 11.5 Å². The van der Waals surface area contributed by atoms with Crippen LogP contribution < -0.4 is 14.8 Å². The van der Waals surface area contributed by atoms with Gasteiger partial charge >= 0.3 is 5.97 Å². The lowest BCUT2D eigenvalue weighted by molar-refractivity contribution is -0.150. The summed E-state index contributed by atoms with van der Waals surface area (Å²) in [6.07, 6.45) is 1.97. The second kappa shape index (κ2) is 10.5. The highest BCUT2D eigenvalue weighted by molar-refractivity contribution is 5.90. The lowest BCUT2D eigenvalue weighted by Crippen LogP contribution is -2.39. The highest BCUT2D eigenvalue weighted by Crippen LogP contribution is 2.30. The minimum atomic E-state index is -0.876. The number of carbonyl (C=O) groups is 2. The zero-order valence-corrected chi connectivity index (χ0v) is 18.1. The van der Waals surface area contributed by atoms with E-state index in [0.717, 1.165) is 11.3 Å². The number of hydrogen-bond acceptors (Lipinski definition) is 7. The van der Waals surface area contributed by atoms with Crippen molar-refractivity contribution in [3.05, 3.63) is 46.9 Å². The van der Waals surface area contributed by atoms with E-state index in [-0.39, 0.29) is 11.9 Å². The molecule has 2 aromatic rings. The summed E-state index contributed by atoms with van der Waals surface area (Å²) in [6.45, 7) is 9.18. The van der Waals surface area contributed by atoms with Gasteiger partial charge in [0.25, 0.3) is 5.91 Å². The summed E-state index contributed by atoms with van der Waals surface area (Å²) < 4.78 is 21.5. The summed E-state index contributed by atoms with van der Waals surface area (Å²) in [7, 11) is 1.54. The monoisotopic (exact) mass is 416 g/mol. The molecule has 8 heteroatoms. The first kappa shape index (κ1) is 23.0. The van der Waals surface area contributed by atoms with Crippen LogP contribution in [0.25, 0.3) is 6.08 Å². The molecule has 0 aliphatic carbocycles. The summed E-state index contributed by atoms with van der Waals surface area (Å²) in [6, 6.07) is 5.24. The Kier molecular flexibility index (Phi) is 8.03. The van der Waals surface area contributed by atoms with Crippen LogP contribution >= 0.6 is 0 Å². The molecule has 0 saturated carbocycles. The van der Waals surface area contributed by atoms with Crippen molar-refractivity contribution in [1.29, 1.82) is 0 Å². The Morgan fingerprint density at radius 1 is 1.20 bits per heavy atom. The molecule has 1 amide bonds. The van der Waals surface area contributed by atoms with Crippen LogP contribution in [0.4, 0.5) is 0 Å². The fourth-order valence-electron chi connectivity index (χ4n) is 2.60. The number of aromatic nitrogens is 1. The topological polar surface area (TPSA) is 99.9 Å². The molecule has 1 aromatic heterocycles. The van der Waals surface area contributed by atoms with Crippen LogP contribution in [0.5, 0.6) is 11.5 Å². The first-order valence-electron chi connectivity index (χ1n) is 9.63. The van der Waals surface area contributed by atoms with Gasteiger partial charge < -0.3 is 24.1 Å². The maximum atomic E-state index is 12.0. The smallest absolute Gasteiger partial charge is 0.331 e. The summed E-state index contributed by atoms with van der Waals surface area (Å²) in [5, 5.41) is 6.60. The average molecular weight is 416 g/mol. The molecule has 1 aromatic carbocycles. The third-order valence-corrected chi connectivity index (χ3v) is 4.25. The lowest BCUT2D eigenvalue weighted by atomic mass is 10.2. The van der Waals surface area contributed by atoms with Gasteiger partial charge in [-0.05, 0) is 58.4 Å². The first-order valence-corrected chi connectivity index (χ1v) is 9.63. The third-order valence-electron chi connectivity index (χ3n) is 4.25. The molecule has 1 N–H and O–H groups in total. The fourth-order valence-corrected chi connectivity index (χ4v) is 2.60. The maximum absolute atomic E-state index is 12.0. The molecule has 0 aliphatic rings. The molecular formula is C22H28N2O6. The maximum Gasteiger partial charge on any atom is 0.331 e. The standard InChI is InChI=1S/C22H28N2O6/c1-13(2)23-22(26)16(5)29-21(25)10-8-17-7-9-19(20(11-17)27-6)28-12-18-14(3)24-30-15(18)4/h7-11,13,16H,12H2,1-6H3,(H,23,26)/b10-8+. The minimum Gasteiger partial charge on any atom is -0.493 e. The van der Waals surface area contributed by atoms with Gasteiger partial charge in [-0.25, -0.2) is 4.79 Å². The molecule has 30 heavy (non-hydrogen) atoms. The van der Waals surface area contributed by atoms with Crippen LogP contribution in [-0.4, -0.2) is 36.3 Å².